The van der Waals surface area contributed by atoms with Gasteiger partial charge in [-0.3, -0.25) is 4.79 Å². The molecule has 4 N–H and O–H groups in total. The Morgan fingerprint density at radius 3 is 2.59 bits per heavy atom. The predicted octanol–water partition coefficient (Wildman–Crippen LogP) is 0.619. The zero-order valence-electron chi connectivity index (χ0n) is 9.93. The number of benzene rings is 1. The Hall–Kier alpha value is -1.55. The SMILES string of the molecule is NCC1CC(=O)N(CCc2ccc(N)cc2)C1. The van der Waals surface area contributed by atoms with Gasteiger partial charge in [-0.05, 0) is 36.6 Å². The Kier molecular flexibility index (Phi) is 3.64. The van der Waals surface area contributed by atoms with Crippen LogP contribution in [-0.4, -0.2) is 30.4 Å². The topological polar surface area (TPSA) is 72.4 Å². The molecule has 1 fully saturated rings. The molecule has 0 saturated carbocycles. The van der Waals surface area contributed by atoms with E-state index in [1.165, 1.54) is 5.56 Å². The summed E-state index contributed by atoms with van der Waals surface area (Å²) in [5, 5.41) is 0. The summed E-state index contributed by atoms with van der Waals surface area (Å²) in [7, 11) is 0. The van der Waals surface area contributed by atoms with Crippen LogP contribution in [0, 0.1) is 5.92 Å². The van der Waals surface area contributed by atoms with Crippen LogP contribution in [0.5, 0.6) is 0 Å². The van der Waals surface area contributed by atoms with E-state index in [1.807, 2.05) is 29.2 Å². The van der Waals surface area contributed by atoms with Crippen molar-refractivity contribution in [1.82, 2.24) is 4.90 Å². The number of nitrogens with two attached hydrogens (primary N) is 2. The van der Waals surface area contributed by atoms with Gasteiger partial charge >= 0.3 is 0 Å². The van der Waals surface area contributed by atoms with Gasteiger partial charge < -0.3 is 16.4 Å². The standard InChI is InChI=1S/C13H19N3O/c14-8-11-7-13(17)16(9-11)6-5-10-1-3-12(15)4-2-10/h1-4,11H,5-9,14-15H2. The highest BCUT2D eigenvalue weighted by Gasteiger charge is 2.27. The van der Waals surface area contributed by atoms with Crippen LogP contribution in [0.15, 0.2) is 24.3 Å². The zero-order valence-corrected chi connectivity index (χ0v) is 9.93. The van der Waals surface area contributed by atoms with Crippen LogP contribution in [0.1, 0.15) is 12.0 Å². The van der Waals surface area contributed by atoms with Crippen molar-refractivity contribution >= 4 is 11.6 Å². The molecule has 0 bridgehead atoms. The van der Waals surface area contributed by atoms with E-state index in [-0.39, 0.29) is 5.91 Å². The van der Waals surface area contributed by atoms with E-state index in [1.54, 1.807) is 0 Å². The summed E-state index contributed by atoms with van der Waals surface area (Å²) >= 11 is 0. The largest absolute Gasteiger partial charge is 0.399 e. The highest BCUT2D eigenvalue weighted by Crippen LogP contribution is 2.17. The molecule has 0 aromatic heterocycles. The number of nitrogen functional groups attached to an aromatic ring is 1. The molecule has 1 saturated heterocycles. The Labute approximate surface area is 102 Å². The van der Waals surface area contributed by atoms with Gasteiger partial charge in [0.2, 0.25) is 5.91 Å². The van der Waals surface area contributed by atoms with Crippen LogP contribution < -0.4 is 11.5 Å². The van der Waals surface area contributed by atoms with E-state index in [4.69, 9.17) is 11.5 Å². The summed E-state index contributed by atoms with van der Waals surface area (Å²) in [4.78, 5) is 13.6. The fraction of sp³-hybridized carbons (Fsp3) is 0.462. The van der Waals surface area contributed by atoms with Crippen LogP contribution >= 0.6 is 0 Å². The van der Waals surface area contributed by atoms with E-state index in [9.17, 15) is 4.79 Å². The van der Waals surface area contributed by atoms with Gasteiger partial charge in [0, 0.05) is 25.2 Å². The Bertz CT molecular complexity index is 388. The second kappa shape index (κ2) is 5.19. The van der Waals surface area contributed by atoms with Crippen LogP contribution in [0.2, 0.25) is 0 Å². The molecule has 1 aromatic rings. The molecule has 1 aliphatic rings. The second-order valence-corrected chi connectivity index (χ2v) is 4.64. The zero-order chi connectivity index (χ0) is 12.3. The van der Waals surface area contributed by atoms with Gasteiger partial charge in [-0.15, -0.1) is 0 Å². The van der Waals surface area contributed by atoms with Gasteiger partial charge in [0.25, 0.3) is 0 Å². The summed E-state index contributed by atoms with van der Waals surface area (Å²) in [6.07, 6.45) is 1.49. The number of nitrogens with zero attached hydrogens (tertiary/aromatic N) is 1. The number of carbonyl (C=O) groups excluding carboxylic acids is 1. The molecule has 1 amide bonds. The summed E-state index contributed by atoms with van der Waals surface area (Å²) in [5.74, 6) is 0.574. The first kappa shape index (κ1) is 11.9. The first-order valence-corrected chi connectivity index (χ1v) is 6.01. The van der Waals surface area contributed by atoms with Crippen molar-refractivity contribution in [3.8, 4) is 0 Å². The summed E-state index contributed by atoms with van der Waals surface area (Å²) in [6.45, 7) is 2.19. The van der Waals surface area contributed by atoms with Crippen molar-refractivity contribution in [3.05, 3.63) is 29.8 Å². The molecule has 1 aromatic carbocycles. The van der Waals surface area contributed by atoms with Crippen molar-refractivity contribution < 1.29 is 4.79 Å². The maximum Gasteiger partial charge on any atom is 0.222 e. The maximum absolute atomic E-state index is 11.7. The van der Waals surface area contributed by atoms with E-state index in [0.717, 1.165) is 25.2 Å². The molecular weight excluding hydrogens is 214 g/mol. The number of hydrogen-bond acceptors (Lipinski definition) is 3. The summed E-state index contributed by atoms with van der Waals surface area (Å²) in [6, 6.07) is 7.81. The molecule has 4 nitrogen and oxygen atoms in total. The van der Waals surface area contributed by atoms with Gasteiger partial charge in [-0.1, -0.05) is 12.1 Å². The molecule has 1 unspecified atom stereocenters. The molecule has 92 valence electrons. The maximum atomic E-state index is 11.7. The van der Waals surface area contributed by atoms with Gasteiger partial charge in [0.05, 0.1) is 0 Å². The molecule has 1 atom stereocenters. The quantitative estimate of drug-likeness (QED) is 0.749. The minimum Gasteiger partial charge on any atom is -0.399 e. The third-order valence-corrected chi connectivity index (χ3v) is 3.28. The molecule has 1 heterocycles. The Balaban J connectivity index is 1.86. The second-order valence-electron chi connectivity index (χ2n) is 4.64. The van der Waals surface area contributed by atoms with Crippen LogP contribution in [-0.2, 0) is 11.2 Å². The summed E-state index contributed by atoms with van der Waals surface area (Å²) in [5.41, 5.74) is 13.2. The molecule has 17 heavy (non-hydrogen) atoms. The van der Waals surface area contributed by atoms with E-state index < -0.39 is 0 Å². The smallest absolute Gasteiger partial charge is 0.222 e. The van der Waals surface area contributed by atoms with Crippen molar-refractivity contribution in [2.24, 2.45) is 11.7 Å². The highest BCUT2D eigenvalue weighted by molar-refractivity contribution is 5.78. The first-order chi connectivity index (χ1) is 8.19. The molecule has 2 rings (SSSR count). The number of amides is 1. The van der Waals surface area contributed by atoms with Gasteiger partial charge in [-0.25, -0.2) is 0 Å². The number of rotatable bonds is 4. The average molecular weight is 233 g/mol. The van der Waals surface area contributed by atoms with Crippen LogP contribution in [0.4, 0.5) is 5.69 Å². The monoisotopic (exact) mass is 233 g/mol. The van der Waals surface area contributed by atoms with Crippen LogP contribution in [0.25, 0.3) is 0 Å². The van der Waals surface area contributed by atoms with Crippen molar-refractivity contribution in [1.29, 1.82) is 0 Å². The number of anilines is 1. The fourth-order valence-corrected chi connectivity index (χ4v) is 2.18. The first-order valence-electron chi connectivity index (χ1n) is 6.01. The number of likely N-dealkylation sites (tertiary alicyclic amines) is 1. The minimum atomic E-state index is 0.232. The average Bonchev–Trinajstić information content (AvgIpc) is 2.69. The Morgan fingerprint density at radius 2 is 2.00 bits per heavy atom. The summed E-state index contributed by atoms with van der Waals surface area (Å²) < 4.78 is 0. The van der Waals surface area contributed by atoms with Gasteiger partial charge in [0.15, 0.2) is 0 Å². The van der Waals surface area contributed by atoms with E-state index >= 15 is 0 Å². The molecule has 4 heteroatoms. The molecule has 0 spiro atoms. The van der Waals surface area contributed by atoms with Crippen molar-refractivity contribution in [3.63, 3.8) is 0 Å². The molecular formula is C13H19N3O. The van der Waals surface area contributed by atoms with Crippen LogP contribution in [0.3, 0.4) is 0 Å². The lowest BCUT2D eigenvalue weighted by Crippen LogP contribution is -2.28. The normalized spacial score (nSPS) is 19.9. The lowest BCUT2D eigenvalue weighted by atomic mass is 10.1. The van der Waals surface area contributed by atoms with Gasteiger partial charge in [0.1, 0.15) is 0 Å². The fourth-order valence-electron chi connectivity index (χ4n) is 2.18. The number of carbonyl (C=O) groups is 1. The van der Waals surface area contributed by atoms with Gasteiger partial charge in [-0.2, -0.15) is 0 Å². The lowest BCUT2D eigenvalue weighted by molar-refractivity contribution is -0.127. The molecule has 1 aliphatic heterocycles. The third kappa shape index (κ3) is 2.97. The molecule has 0 radical (unpaired) electrons. The Morgan fingerprint density at radius 1 is 1.29 bits per heavy atom. The minimum absolute atomic E-state index is 0.232. The molecule has 0 aliphatic carbocycles. The number of hydrogen-bond donors (Lipinski definition) is 2. The van der Waals surface area contributed by atoms with E-state index in [0.29, 0.717) is 18.9 Å². The lowest BCUT2D eigenvalue weighted by Gasteiger charge is -2.16. The highest BCUT2D eigenvalue weighted by atomic mass is 16.2. The van der Waals surface area contributed by atoms with E-state index in [2.05, 4.69) is 0 Å². The third-order valence-electron chi connectivity index (χ3n) is 3.28. The predicted molar refractivity (Wildman–Crippen MR) is 68.3 cm³/mol. The van der Waals surface area contributed by atoms with Crippen molar-refractivity contribution in [2.75, 3.05) is 25.4 Å². The van der Waals surface area contributed by atoms with Crippen molar-refractivity contribution in [2.45, 2.75) is 12.8 Å².